The van der Waals surface area contributed by atoms with Crippen LogP contribution in [0.1, 0.15) is 37.6 Å². The van der Waals surface area contributed by atoms with Crippen molar-refractivity contribution in [1.29, 1.82) is 0 Å². The predicted octanol–water partition coefficient (Wildman–Crippen LogP) is 0.721. The molecule has 0 spiro atoms. The summed E-state index contributed by atoms with van der Waals surface area (Å²) in [6.07, 6.45) is 1.81. The molecule has 10 nitrogen and oxygen atoms in total. The molecule has 166 valence electrons. The zero-order valence-electron chi connectivity index (χ0n) is 17.3. The third-order valence-corrected chi connectivity index (χ3v) is 7.05. The van der Waals surface area contributed by atoms with Crippen LogP contribution >= 0.6 is 0 Å². The Kier molecular flexibility index (Phi) is 5.36. The first-order chi connectivity index (χ1) is 14.6. The third kappa shape index (κ3) is 4.21. The molecule has 3 aromatic rings. The molecule has 11 heteroatoms. The van der Waals surface area contributed by atoms with Gasteiger partial charge >= 0.3 is 5.69 Å². The van der Waals surface area contributed by atoms with Crippen molar-refractivity contribution in [3.05, 3.63) is 56.6 Å². The number of aliphatic hydroxyl groups excluding tert-OH is 1. The van der Waals surface area contributed by atoms with Crippen LogP contribution in [0.15, 0.2) is 43.3 Å². The van der Waals surface area contributed by atoms with Gasteiger partial charge in [-0.3, -0.25) is 13.9 Å². The summed E-state index contributed by atoms with van der Waals surface area (Å²) in [4.78, 5) is 26.2. The molecule has 2 aromatic heterocycles. The number of aliphatic hydroxyl groups is 1. The molecule has 0 saturated heterocycles. The van der Waals surface area contributed by atoms with Crippen LogP contribution < -0.4 is 16.0 Å². The van der Waals surface area contributed by atoms with E-state index in [2.05, 4.69) is 9.88 Å². The second kappa shape index (κ2) is 7.74. The van der Waals surface area contributed by atoms with Crippen molar-refractivity contribution in [2.24, 2.45) is 0 Å². The second-order valence-electron chi connectivity index (χ2n) is 8.18. The first-order valence-corrected chi connectivity index (χ1v) is 11.5. The van der Waals surface area contributed by atoms with Crippen molar-refractivity contribution < 1.29 is 18.0 Å². The molecule has 0 radical (unpaired) electrons. The molecule has 1 aliphatic carbocycles. The van der Waals surface area contributed by atoms with Crippen LogP contribution in [-0.4, -0.2) is 40.0 Å². The lowest BCUT2D eigenvalue weighted by molar-refractivity contribution is 0.279. The smallest absolute Gasteiger partial charge is 0.331 e. The number of fused-ring (bicyclic) bond motifs is 1. The Morgan fingerprint density at radius 1 is 1.23 bits per heavy atom. The summed E-state index contributed by atoms with van der Waals surface area (Å²) >= 11 is 0. The van der Waals surface area contributed by atoms with Gasteiger partial charge < -0.3 is 9.63 Å². The summed E-state index contributed by atoms with van der Waals surface area (Å²) < 4.78 is 35.8. The van der Waals surface area contributed by atoms with Crippen LogP contribution in [0.3, 0.4) is 0 Å². The Labute approximate surface area is 178 Å². The quantitative estimate of drug-likeness (QED) is 0.518. The van der Waals surface area contributed by atoms with Crippen LogP contribution in [-0.2, 0) is 23.1 Å². The fourth-order valence-electron chi connectivity index (χ4n) is 3.47. The minimum Gasteiger partial charge on any atom is -0.396 e. The Balaban J connectivity index is 1.88. The number of hydrogen-bond acceptors (Lipinski definition) is 7. The molecule has 1 saturated carbocycles. The number of aryl methyl sites for hydroxylation is 2. The van der Waals surface area contributed by atoms with Gasteiger partial charge in [0.05, 0.1) is 28.0 Å². The van der Waals surface area contributed by atoms with Gasteiger partial charge in [-0.2, -0.15) is 0 Å². The van der Waals surface area contributed by atoms with E-state index in [1.165, 1.54) is 22.8 Å². The lowest BCUT2D eigenvalue weighted by Gasteiger charge is -2.15. The van der Waals surface area contributed by atoms with E-state index in [4.69, 9.17) is 4.52 Å². The minimum atomic E-state index is -3.83. The fraction of sp³-hybridized carbons (Fsp3) is 0.450. The molecule has 2 heterocycles. The van der Waals surface area contributed by atoms with Gasteiger partial charge in [-0.15, -0.1) is 0 Å². The molecule has 0 unspecified atom stereocenters. The Bertz CT molecular complexity index is 1360. The molecule has 31 heavy (non-hydrogen) atoms. The topological polar surface area (TPSA) is 136 Å². The normalized spacial score (nSPS) is 15.5. The van der Waals surface area contributed by atoms with Crippen LogP contribution in [0, 0.1) is 6.92 Å². The molecular weight excluding hydrogens is 424 g/mol. The summed E-state index contributed by atoms with van der Waals surface area (Å²) in [7, 11) is -3.83. The van der Waals surface area contributed by atoms with E-state index in [1.54, 1.807) is 13.0 Å². The Morgan fingerprint density at radius 3 is 2.58 bits per heavy atom. The minimum absolute atomic E-state index is 0.0420. The first kappa shape index (κ1) is 21.5. The first-order valence-electron chi connectivity index (χ1n) is 9.98. The van der Waals surface area contributed by atoms with E-state index in [-0.39, 0.29) is 30.0 Å². The molecule has 0 amide bonds. The predicted molar refractivity (Wildman–Crippen MR) is 112 cm³/mol. The average molecular weight is 449 g/mol. The van der Waals surface area contributed by atoms with Gasteiger partial charge in [-0.05, 0) is 51.3 Å². The molecule has 0 bridgehead atoms. The van der Waals surface area contributed by atoms with Crippen LogP contribution in [0.25, 0.3) is 10.9 Å². The maximum Gasteiger partial charge on any atom is 0.331 e. The molecular formula is C20H24N4O6S. The third-order valence-electron chi connectivity index (χ3n) is 5.42. The van der Waals surface area contributed by atoms with E-state index >= 15 is 0 Å². The molecule has 0 aliphatic heterocycles. The zero-order chi connectivity index (χ0) is 22.4. The molecule has 4 rings (SSSR count). The molecule has 1 fully saturated rings. The summed E-state index contributed by atoms with van der Waals surface area (Å²) in [5.41, 5.74) is -0.733. The second-order valence-corrected chi connectivity index (χ2v) is 9.86. The number of aromatic nitrogens is 3. The molecule has 0 atom stereocenters. The highest BCUT2D eigenvalue weighted by Crippen LogP contribution is 2.36. The summed E-state index contributed by atoms with van der Waals surface area (Å²) in [6, 6.07) is 5.76. The van der Waals surface area contributed by atoms with Gasteiger partial charge in [0.1, 0.15) is 0 Å². The van der Waals surface area contributed by atoms with Crippen LogP contribution in [0.5, 0.6) is 0 Å². The maximum absolute atomic E-state index is 13.2. The van der Waals surface area contributed by atoms with E-state index < -0.39 is 26.8 Å². The highest BCUT2D eigenvalue weighted by Gasteiger charge is 2.41. The van der Waals surface area contributed by atoms with Crippen molar-refractivity contribution in [3.8, 4) is 0 Å². The number of hydrogen-bond donors (Lipinski definition) is 2. The zero-order valence-corrected chi connectivity index (χ0v) is 18.1. The van der Waals surface area contributed by atoms with Gasteiger partial charge in [0, 0.05) is 24.8 Å². The lowest BCUT2D eigenvalue weighted by Crippen LogP contribution is -2.40. The van der Waals surface area contributed by atoms with Crippen molar-refractivity contribution in [1.82, 2.24) is 19.0 Å². The van der Waals surface area contributed by atoms with Gasteiger partial charge in [-0.1, -0.05) is 5.16 Å². The standard InChI is InChI=1S/C20H24N4O6S/c1-13-10-14(30-21-13)12-24-18(26)16-11-15(31(28,29)22-20(2)6-7-20)4-5-17(16)23(19(24)27)8-3-9-25/h4-5,10-11,22,25H,3,6-9,12H2,1-2H3. The summed E-state index contributed by atoms with van der Waals surface area (Å²) in [6.45, 7) is 3.44. The van der Waals surface area contributed by atoms with Crippen molar-refractivity contribution >= 4 is 20.9 Å². The average Bonchev–Trinajstić information content (AvgIpc) is 3.28. The summed E-state index contributed by atoms with van der Waals surface area (Å²) in [5, 5.41) is 13.1. The van der Waals surface area contributed by atoms with Crippen molar-refractivity contribution in [3.63, 3.8) is 0 Å². The highest BCUT2D eigenvalue weighted by atomic mass is 32.2. The van der Waals surface area contributed by atoms with Crippen molar-refractivity contribution in [2.45, 2.75) is 56.6 Å². The van der Waals surface area contributed by atoms with Crippen molar-refractivity contribution in [2.75, 3.05) is 6.61 Å². The van der Waals surface area contributed by atoms with Gasteiger partial charge in [0.15, 0.2) is 5.76 Å². The van der Waals surface area contributed by atoms with Gasteiger partial charge in [-0.25, -0.2) is 17.9 Å². The lowest BCUT2D eigenvalue weighted by atomic mass is 10.2. The number of rotatable bonds is 8. The summed E-state index contributed by atoms with van der Waals surface area (Å²) in [5.74, 6) is 0.330. The van der Waals surface area contributed by atoms with E-state index in [9.17, 15) is 23.1 Å². The van der Waals surface area contributed by atoms with E-state index in [0.717, 1.165) is 17.4 Å². The van der Waals surface area contributed by atoms with Crippen LogP contribution in [0.4, 0.5) is 0 Å². The fourth-order valence-corrected chi connectivity index (χ4v) is 4.96. The molecule has 1 aromatic carbocycles. The molecule has 2 N–H and O–H groups in total. The van der Waals surface area contributed by atoms with E-state index in [1.807, 2.05) is 6.92 Å². The Hall–Kier alpha value is -2.76. The number of nitrogens with zero attached hydrogens (tertiary/aromatic N) is 3. The number of nitrogens with one attached hydrogen (secondary N) is 1. The number of benzene rings is 1. The monoisotopic (exact) mass is 448 g/mol. The van der Waals surface area contributed by atoms with Gasteiger partial charge in [0.25, 0.3) is 5.56 Å². The highest BCUT2D eigenvalue weighted by molar-refractivity contribution is 7.89. The Morgan fingerprint density at radius 2 is 1.97 bits per heavy atom. The molecule has 1 aliphatic rings. The number of sulfonamides is 1. The maximum atomic E-state index is 13.2. The SMILES string of the molecule is Cc1cc(Cn2c(=O)c3cc(S(=O)(=O)NC4(C)CC4)ccc3n(CCCO)c2=O)on1. The van der Waals surface area contributed by atoms with Gasteiger partial charge in [0.2, 0.25) is 10.0 Å². The van der Waals surface area contributed by atoms with Crippen LogP contribution in [0.2, 0.25) is 0 Å². The van der Waals surface area contributed by atoms with E-state index in [0.29, 0.717) is 23.4 Å². The largest absolute Gasteiger partial charge is 0.396 e.